The monoisotopic (exact) mass is 470 g/mol. The number of carbonyl (C=O) groups excluding carboxylic acids is 3. The molecule has 5 rings (SSSR count). The van der Waals surface area contributed by atoms with E-state index in [2.05, 4.69) is 47.6 Å². The van der Waals surface area contributed by atoms with Gasteiger partial charge in [0.15, 0.2) is 5.78 Å². The Balaban J connectivity index is 1.61. The largest absolute Gasteiger partial charge is 0.462 e. The summed E-state index contributed by atoms with van der Waals surface area (Å²) in [4.78, 5) is 37.4. The van der Waals surface area contributed by atoms with Gasteiger partial charge in [-0.1, -0.05) is 40.7 Å². The van der Waals surface area contributed by atoms with Crippen molar-refractivity contribution in [1.82, 2.24) is 0 Å². The van der Waals surface area contributed by atoms with Crippen molar-refractivity contribution in [2.75, 3.05) is 0 Å². The minimum Gasteiger partial charge on any atom is -0.462 e. The van der Waals surface area contributed by atoms with Gasteiger partial charge in [0.05, 0.1) is 0 Å². The normalized spacial score (nSPS) is 51.3. The van der Waals surface area contributed by atoms with Crippen LogP contribution < -0.4 is 0 Å². The first-order chi connectivity index (χ1) is 15.7. The summed E-state index contributed by atoms with van der Waals surface area (Å²) in [7, 11) is 0. The average molecular weight is 471 g/mol. The van der Waals surface area contributed by atoms with Crippen LogP contribution in [0.25, 0.3) is 0 Å². The molecule has 0 radical (unpaired) electrons. The third-order valence-electron chi connectivity index (χ3n) is 11.9. The second kappa shape index (κ2) is 7.20. The molecule has 0 spiro atoms. The Morgan fingerprint density at radius 2 is 1.65 bits per heavy atom. The summed E-state index contributed by atoms with van der Waals surface area (Å²) in [5.41, 5.74) is -0.983. The molecule has 9 atom stereocenters. The molecule has 1 saturated heterocycles. The molecule has 0 unspecified atom stereocenters. The summed E-state index contributed by atoms with van der Waals surface area (Å²) in [5, 5.41) is 0. The Morgan fingerprint density at radius 1 is 0.971 bits per heavy atom. The lowest BCUT2D eigenvalue weighted by Gasteiger charge is -2.68. The summed E-state index contributed by atoms with van der Waals surface area (Å²) in [6, 6.07) is 0. The summed E-state index contributed by atoms with van der Waals surface area (Å²) in [6.07, 6.45) is 10.00. The van der Waals surface area contributed by atoms with Gasteiger partial charge < -0.3 is 9.47 Å². The van der Waals surface area contributed by atoms with Crippen molar-refractivity contribution >= 4 is 17.7 Å². The van der Waals surface area contributed by atoms with Crippen molar-refractivity contribution in [2.24, 2.45) is 45.3 Å². The van der Waals surface area contributed by atoms with E-state index in [0.717, 1.165) is 38.5 Å². The Hall–Kier alpha value is -1.65. The highest BCUT2D eigenvalue weighted by Gasteiger charge is 2.72. The van der Waals surface area contributed by atoms with Gasteiger partial charge in [-0.05, 0) is 79.6 Å². The van der Waals surface area contributed by atoms with Crippen molar-refractivity contribution in [3.05, 3.63) is 12.2 Å². The van der Waals surface area contributed by atoms with Crippen LogP contribution in [-0.2, 0) is 23.9 Å². The molecule has 0 aromatic carbocycles. The molecule has 1 aliphatic heterocycles. The molecule has 5 nitrogen and oxygen atoms in total. The number of cyclic esters (lactones) is 1. The van der Waals surface area contributed by atoms with E-state index in [4.69, 9.17) is 9.47 Å². The molecule has 3 saturated carbocycles. The van der Waals surface area contributed by atoms with Gasteiger partial charge in [0.1, 0.15) is 11.7 Å². The van der Waals surface area contributed by atoms with E-state index in [-0.39, 0.29) is 63.2 Å². The number of hydrogen-bond donors (Lipinski definition) is 0. The minimum atomic E-state index is -0.485. The van der Waals surface area contributed by atoms with Gasteiger partial charge in [-0.15, -0.1) is 0 Å². The first-order valence-electron chi connectivity index (χ1n) is 13.3. The lowest BCUT2D eigenvalue weighted by molar-refractivity contribution is -0.224. The van der Waals surface area contributed by atoms with E-state index in [9.17, 15) is 14.4 Å². The summed E-state index contributed by atoms with van der Waals surface area (Å²) in [5.74, 6) is 0.832. The van der Waals surface area contributed by atoms with Crippen LogP contribution >= 0.6 is 0 Å². The molecule has 5 heteroatoms. The SMILES string of the molecule is CC(=O)O[C@@H]1C[C@H]2[C@@]3(C)C=CC(=O)C(C)(C)[C@@H]3CC[C@@]2(C)[C@]2(C)CC[C@H]([C@]3(C)CCC(=O)O3)[C@@H]12. The maximum atomic E-state index is 12.9. The molecule has 0 bridgehead atoms. The van der Waals surface area contributed by atoms with Gasteiger partial charge in [-0.25, -0.2) is 0 Å². The van der Waals surface area contributed by atoms with E-state index in [0.29, 0.717) is 12.3 Å². The number of carbonyl (C=O) groups is 3. The molecule has 0 aromatic rings. The number of fused-ring (bicyclic) bond motifs is 5. The lowest BCUT2D eigenvalue weighted by atomic mass is 9.36. The van der Waals surface area contributed by atoms with E-state index in [1.54, 1.807) is 0 Å². The first kappa shape index (κ1) is 24.1. The standard InChI is InChI=1S/C29H42O5/c1-17(30)33-19-16-21-26(4)12-10-22(31)25(2,3)20(26)9-14-27(21,5)28(6)13-8-18(24(19)28)29(7)15-11-23(32)34-29/h10,12,18-21,24H,8-9,11,13-16H2,1-7H3/t18-,19+,20-,21-,24-,26-,27+,28+,29-/m0/s1. The maximum absolute atomic E-state index is 12.9. The fourth-order valence-electron chi connectivity index (χ4n) is 10.0. The lowest BCUT2D eigenvalue weighted by Crippen LogP contribution is -2.65. The van der Waals surface area contributed by atoms with Gasteiger partial charge in [-0.2, -0.15) is 0 Å². The average Bonchev–Trinajstić information content (AvgIpc) is 3.28. The zero-order chi connectivity index (χ0) is 24.9. The third kappa shape index (κ3) is 2.94. The van der Waals surface area contributed by atoms with Gasteiger partial charge in [0.25, 0.3) is 0 Å². The zero-order valence-corrected chi connectivity index (χ0v) is 22.0. The van der Waals surface area contributed by atoms with Crippen molar-refractivity contribution in [3.63, 3.8) is 0 Å². The molecule has 188 valence electrons. The zero-order valence-electron chi connectivity index (χ0n) is 22.0. The predicted octanol–water partition coefficient (Wildman–Crippen LogP) is 5.65. The number of ketones is 1. The molecule has 0 amide bonds. The third-order valence-corrected chi connectivity index (χ3v) is 11.9. The number of hydrogen-bond acceptors (Lipinski definition) is 5. The van der Waals surface area contributed by atoms with E-state index in [1.807, 2.05) is 6.08 Å². The summed E-state index contributed by atoms with van der Waals surface area (Å²) >= 11 is 0. The Labute approximate surface area is 204 Å². The van der Waals surface area contributed by atoms with Crippen LogP contribution in [0.1, 0.15) is 93.4 Å². The molecular formula is C29H42O5. The molecule has 0 aromatic heterocycles. The second-order valence-electron chi connectivity index (χ2n) is 13.6. The summed E-state index contributed by atoms with van der Waals surface area (Å²) < 4.78 is 12.1. The van der Waals surface area contributed by atoms with E-state index < -0.39 is 5.60 Å². The topological polar surface area (TPSA) is 69.7 Å². The number of allylic oxidation sites excluding steroid dienone is 2. The van der Waals surface area contributed by atoms with Crippen LogP contribution in [0.15, 0.2) is 12.2 Å². The van der Waals surface area contributed by atoms with Gasteiger partial charge >= 0.3 is 11.9 Å². The van der Waals surface area contributed by atoms with Gasteiger partial charge in [0.2, 0.25) is 0 Å². The fourth-order valence-corrected chi connectivity index (χ4v) is 10.0. The number of ether oxygens (including phenoxy) is 2. The van der Waals surface area contributed by atoms with Crippen LogP contribution in [0.5, 0.6) is 0 Å². The highest BCUT2D eigenvalue weighted by atomic mass is 16.6. The quantitative estimate of drug-likeness (QED) is 0.488. The second-order valence-corrected chi connectivity index (χ2v) is 13.6. The molecule has 0 N–H and O–H groups in total. The van der Waals surface area contributed by atoms with Crippen LogP contribution in [0, 0.1) is 45.3 Å². The minimum absolute atomic E-state index is 0.0356. The highest BCUT2D eigenvalue weighted by Crippen LogP contribution is 2.75. The highest BCUT2D eigenvalue weighted by molar-refractivity contribution is 5.95. The molecule has 34 heavy (non-hydrogen) atoms. The molecule has 1 heterocycles. The van der Waals surface area contributed by atoms with Crippen molar-refractivity contribution < 1.29 is 23.9 Å². The summed E-state index contributed by atoms with van der Waals surface area (Å²) in [6.45, 7) is 15.1. The smallest absolute Gasteiger partial charge is 0.306 e. The van der Waals surface area contributed by atoms with Crippen molar-refractivity contribution in [2.45, 2.75) is 105 Å². The maximum Gasteiger partial charge on any atom is 0.306 e. The Bertz CT molecular complexity index is 966. The number of rotatable bonds is 2. The van der Waals surface area contributed by atoms with Crippen molar-refractivity contribution in [3.8, 4) is 0 Å². The molecule has 5 aliphatic rings. The number of esters is 2. The van der Waals surface area contributed by atoms with Gasteiger partial charge in [0, 0.05) is 30.6 Å². The van der Waals surface area contributed by atoms with Gasteiger partial charge in [-0.3, -0.25) is 14.4 Å². The predicted molar refractivity (Wildman–Crippen MR) is 129 cm³/mol. The molecular weight excluding hydrogens is 428 g/mol. The first-order valence-corrected chi connectivity index (χ1v) is 13.3. The van der Waals surface area contributed by atoms with Crippen LogP contribution in [0.2, 0.25) is 0 Å². The molecule has 4 aliphatic carbocycles. The molecule has 4 fully saturated rings. The Morgan fingerprint density at radius 3 is 2.26 bits per heavy atom. The van der Waals surface area contributed by atoms with Crippen molar-refractivity contribution in [1.29, 1.82) is 0 Å². The van der Waals surface area contributed by atoms with Crippen LogP contribution in [0.4, 0.5) is 0 Å². The van der Waals surface area contributed by atoms with Crippen LogP contribution in [0.3, 0.4) is 0 Å². The Kier molecular flexibility index (Phi) is 5.09. The van der Waals surface area contributed by atoms with E-state index >= 15 is 0 Å². The van der Waals surface area contributed by atoms with Crippen LogP contribution in [-0.4, -0.2) is 29.4 Å². The fraction of sp³-hybridized carbons (Fsp3) is 0.828. The van der Waals surface area contributed by atoms with E-state index in [1.165, 1.54) is 6.92 Å².